The lowest BCUT2D eigenvalue weighted by molar-refractivity contribution is -0.919. The second-order valence-electron chi connectivity index (χ2n) is 5.83. The van der Waals surface area contributed by atoms with Crippen LogP contribution < -0.4 is 10.2 Å². The van der Waals surface area contributed by atoms with E-state index in [4.69, 9.17) is 0 Å². The number of carbonyl (C=O) groups excluding carboxylic acids is 1. The summed E-state index contributed by atoms with van der Waals surface area (Å²) in [5, 5.41) is 13.7. The summed E-state index contributed by atoms with van der Waals surface area (Å²) < 4.78 is 0. The van der Waals surface area contributed by atoms with Gasteiger partial charge in [-0.1, -0.05) is 19.1 Å². The van der Waals surface area contributed by atoms with Crippen molar-refractivity contribution in [3.8, 4) is 0 Å². The topological polar surface area (TPSA) is 76.7 Å². The van der Waals surface area contributed by atoms with Crippen LogP contribution in [0.1, 0.15) is 26.7 Å². The zero-order valence-corrected chi connectivity index (χ0v) is 12.5. The first kappa shape index (κ1) is 15.4. The molecule has 1 saturated heterocycles. The standard InChI is InChI=1S/C15H21N3O3/c1-11-7-9-17(10-8-11)12(2)15(19)16-13-5-3-4-6-14(13)18(20)21/h3-6,11-12H,7-10H2,1-2H3,(H,16,19)/p+1/t12-/m0/s1. The first-order valence-corrected chi connectivity index (χ1v) is 7.38. The Morgan fingerprint density at radius 1 is 1.38 bits per heavy atom. The number of hydrogen-bond acceptors (Lipinski definition) is 3. The number of rotatable bonds is 4. The molecule has 6 heteroatoms. The molecule has 0 saturated carbocycles. The number of hydrogen-bond donors (Lipinski definition) is 2. The number of amides is 1. The fourth-order valence-corrected chi connectivity index (χ4v) is 2.73. The van der Waals surface area contributed by atoms with E-state index in [1.165, 1.54) is 11.0 Å². The number of carbonyl (C=O) groups is 1. The molecule has 0 aliphatic carbocycles. The van der Waals surface area contributed by atoms with Crippen LogP contribution in [0.5, 0.6) is 0 Å². The third-order valence-corrected chi connectivity index (χ3v) is 4.28. The molecule has 1 amide bonds. The van der Waals surface area contributed by atoms with Crippen molar-refractivity contribution in [2.75, 3.05) is 18.4 Å². The van der Waals surface area contributed by atoms with Gasteiger partial charge in [-0.3, -0.25) is 14.9 Å². The van der Waals surface area contributed by atoms with Gasteiger partial charge < -0.3 is 10.2 Å². The van der Waals surface area contributed by atoms with Crippen molar-refractivity contribution in [1.82, 2.24) is 0 Å². The van der Waals surface area contributed by atoms with Crippen LogP contribution in [0.25, 0.3) is 0 Å². The Kier molecular flexibility index (Phi) is 4.90. The number of piperidine rings is 1. The highest BCUT2D eigenvalue weighted by Gasteiger charge is 2.29. The van der Waals surface area contributed by atoms with Crippen LogP contribution in [-0.2, 0) is 4.79 Å². The Labute approximate surface area is 124 Å². The molecule has 114 valence electrons. The number of benzene rings is 1. The van der Waals surface area contributed by atoms with Gasteiger partial charge in [-0.15, -0.1) is 0 Å². The van der Waals surface area contributed by atoms with E-state index in [-0.39, 0.29) is 23.3 Å². The smallest absolute Gasteiger partial charge is 0.292 e. The summed E-state index contributed by atoms with van der Waals surface area (Å²) in [6, 6.07) is 6.04. The first-order chi connectivity index (χ1) is 9.99. The number of anilines is 1. The van der Waals surface area contributed by atoms with E-state index in [0.717, 1.165) is 31.8 Å². The Bertz CT molecular complexity index is 525. The van der Waals surface area contributed by atoms with E-state index in [9.17, 15) is 14.9 Å². The lowest BCUT2D eigenvalue weighted by Gasteiger charge is -2.31. The maximum Gasteiger partial charge on any atom is 0.292 e. The van der Waals surface area contributed by atoms with Crippen molar-refractivity contribution in [3.63, 3.8) is 0 Å². The Balaban J connectivity index is 2.03. The second kappa shape index (κ2) is 6.67. The quantitative estimate of drug-likeness (QED) is 0.647. The molecule has 1 aromatic rings. The van der Waals surface area contributed by atoms with Gasteiger partial charge in [0, 0.05) is 6.07 Å². The van der Waals surface area contributed by atoms with Crippen molar-refractivity contribution >= 4 is 17.3 Å². The van der Waals surface area contributed by atoms with Gasteiger partial charge in [0.1, 0.15) is 5.69 Å². The first-order valence-electron chi connectivity index (χ1n) is 7.38. The number of quaternary nitrogens is 1. The number of nitrogens with one attached hydrogen (secondary N) is 2. The molecule has 0 spiro atoms. The van der Waals surface area contributed by atoms with Gasteiger partial charge in [-0.25, -0.2) is 0 Å². The van der Waals surface area contributed by atoms with Crippen molar-refractivity contribution < 1.29 is 14.6 Å². The molecule has 21 heavy (non-hydrogen) atoms. The largest absolute Gasteiger partial charge is 0.325 e. The van der Waals surface area contributed by atoms with Gasteiger partial charge in [-0.2, -0.15) is 0 Å². The van der Waals surface area contributed by atoms with E-state index in [0.29, 0.717) is 0 Å². The highest BCUT2D eigenvalue weighted by molar-refractivity contribution is 5.95. The minimum Gasteiger partial charge on any atom is -0.325 e. The van der Waals surface area contributed by atoms with Crippen LogP contribution in [0.15, 0.2) is 24.3 Å². The number of likely N-dealkylation sites (tertiary alicyclic amines) is 1. The molecule has 0 bridgehead atoms. The molecule has 1 atom stereocenters. The van der Waals surface area contributed by atoms with Crippen LogP contribution in [-0.4, -0.2) is 30.0 Å². The molecule has 1 aliphatic rings. The number of nitro groups is 1. The van der Waals surface area contributed by atoms with Gasteiger partial charge in [0.25, 0.3) is 11.6 Å². The van der Waals surface area contributed by atoms with Crippen molar-refractivity contribution in [2.45, 2.75) is 32.7 Å². The van der Waals surface area contributed by atoms with Gasteiger partial charge in [0.2, 0.25) is 0 Å². The lowest BCUT2D eigenvalue weighted by atomic mass is 9.98. The SMILES string of the molecule is CC1CC[NH+]([C@@H](C)C(=O)Nc2ccccc2[N+](=O)[O-])CC1. The van der Waals surface area contributed by atoms with Gasteiger partial charge in [-0.05, 0) is 31.7 Å². The summed E-state index contributed by atoms with van der Waals surface area (Å²) >= 11 is 0. The second-order valence-corrected chi connectivity index (χ2v) is 5.83. The third kappa shape index (κ3) is 3.78. The minimum absolute atomic E-state index is 0.0692. The molecule has 1 aromatic carbocycles. The van der Waals surface area contributed by atoms with Gasteiger partial charge >= 0.3 is 0 Å². The Morgan fingerprint density at radius 3 is 2.62 bits per heavy atom. The van der Waals surface area contributed by atoms with Crippen molar-refractivity contribution in [3.05, 3.63) is 34.4 Å². The summed E-state index contributed by atoms with van der Waals surface area (Å²) in [4.78, 5) is 24.1. The third-order valence-electron chi connectivity index (χ3n) is 4.28. The average molecular weight is 292 g/mol. The highest BCUT2D eigenvalue weighted by atomic mass is 16.6. The molecule has 1 heterocycles. The van der Waals surface area contributed by atoms with E-state index in [1.807, 2.05) is 6.92 Å². The summed E-state index contributed by atoms with van der Waals surface area (Å²) in [6.07, 6.45) is 2.25. The van der Waals surface area contributed by atoms with Crippen molar-refractivity contribution in [1.29, 1.82) is 0 Å². The maximum atomic E-state index is 12.3. The average Bonchev–Trinajstić information content (AvgIpc) is 2.47. The van der Waals surface area contributed by atoms with Crippen LogP contribution in [0, 0.1) is 16.0 Å². The van der Waals surface area contributed by atoms with Crippen LogP contribution in [0.4, 0.5) is 11.4 Å². The Hall–Kier alpha value is -1.95. The fraction of sp³-hybridized carbons (Fsp3) is 0.533. The summed E-state index contributed by atoms with van der Waals surface area (Å²) in [6.45, 7) is 6.07. The van der Waals surface area contributed by atoms with Gasteiger partial charge in [0.15, 0.2) is 6.04 Å². The van der Waals surface area contributed by atoms with E-state index >= 15 is 0 Å². The molecule has 1 aliphatic heterocycles. The van der Waals surface area contributed by atoms with Crippen LogP contribution in [0.3, 0.4) is 0 Å². The lowest BCUT2D eigenvalue weighted by Crippen LogP contribution is -3.17. The highest BCUT2D eigenvalue weighted by Crippen LogP contribution is 2.23. The predicted molar refractivity (Wildman–Crippen MR) is 80.3 cm³/mol. The number of nitrogens with zero attached hydrogens (tertiary/aromatic N) is 1. The number of nitro benzene ring substituents is 1. The maximum absolute atomic E-state index is 12.3. The molecule has 2 rings (SSSR count). The summed E-state index contributed by atoms with van der Waals surface area (Å²) in [5.74, 6) is 0.563. The predicted octanol–water partition coefficient (Wildman–Crippen LogP) is 1.24. The van der Waals surface area contributed by atoms with Crippen LogP contribution >= 0.6 is 0 Å². The van der Waals surface area contributed by atoms with Crippen molar-refractivity contribution in [2.24, 2.45) is 5.92 Å². The van der Waals surface area contributed by atoms with Crippen LogP contribution in [0.2, 0.25) is 0 Å². The molecule has 0 unspecified atom stereocenters. The normalized spacial score (nSPS) is 23.3. The Morgan fingerprint density at radius 2 is 2.00 bits per heavy atom. The molecule has 1 fully saturated rings. The van der Waals surface area contributed by atoms with E-state index in [2.05, 4.69) is 12.2 Å². The summed E-state index contributed by atoms with van der Waals surface area (Å²) in [5.41, 5.74) is 0.199. The molecule has 0 radical (unpaired) electrons. The minimum atomic E-state index is -0.476. The van der Waals surface area contributed by atoms with E-state index in [1.54, 1.807) is 18.2 Å². The molecule has 6 nitrogen and oxygen atoms in total. The summed E-state index contributed by atoms with van der Waals surface area (Å²) in [7, 11) is 0. The zero-order valence-electron chi connectivity index (χ0n) is 12.5. The molecule has 0 aromatic heterocycles. The molecular formula is C15H22N3O3+. The van der Waals surface area contributed by atoms with Gasteiger partial charge in [0.05, 0.1) is 18.0 Å². The molecular weight excluding hydrogens is 270 g/mol. The van der Waals surface area contributed by atoms with E-state index < -0.39 is 4.92 Å². The monoisotopic (exact) mass is 292 g/mol. The number of para-hydroxylation sites is 2. The zero-order chi connectivity index (χ0) is 15.4. The molecule has 2 N–H and O–H groups in total. The fourth-order valence-electron chi connectivity index (χ4n) is 2.73.